The molecular weight excluding hydrogens is 1150 g/mol. The third kappa shape index (κ3) is 114. The van der Waals surface area contributed by atoms with Crippen LogP contribution in [0.3, 0.4) is 0 Å². The minimum Gasteiger partial charge on any atom is -0.469 e. The largest absolute Gasteiger partial charge is 0.469 e. The first-order valence-electron chi connectivity index (χ1n) is 37.6. The zero-order chi connectivity index (χ0) is 69.6. The molecular formula is C77H154O14. The Bertz CT molecular complexity index is 1440. The van der Waals surface area contributed by atoms with Crippen LogP contribution in [0.15, 0.2) is 0 Å². The molecule has 0 spiro atoms. The van der Waals surface area contributed by atoms with Gasteiger partial charge >= 0.3 is 41.8 Å². The minimum atomic E-state index is -0.0869. The van der Waals surface area contributed by atoms with Gasteiger partial charge in [-0.3, -0.25) is 33.6 Å². The fourth-order valence-corrected chi connectivity index (χ4v) is 9.30. The molecule has 0 bridgehead atoms. The van der Waals surface area contributed by atoms with Gasteiger partial charge in [-0.15, -0.1) is 0 Å². The molecule has 546 valence electrons. The number of hydrogen-bond donors (Lipinski definition) is 0. The molecule has 0 atom stereocenters. The van der Waals surface area contributed by atoms with E-state index >= 15 is 0 Å². The van der Waals surface area contributed by atoms with Crippen molar-refractivity contribution in [3.8, 4) is 0 Å². The van der Waals surface area contributed by atoms with Crippen LogP contribution in [-0.4, -0.2) is 91.6 Å². The van der Waals surface area contributed by atoms with Crippen molar-refractivity contribution in [3.05, 3.63) is 0 Å². The van der Waals surface area contributed by atoms with Crippen molar-refractivity contribution < 1.29 is 66.7 Å². The summed E-state index contributed by atoms with van der Waals surface area (Å²) in [6.07, 6.45) is 65.3. The number of carbonyl (C=O) groups is 7. The van der Waals surface area contributed by atoms with E-state index in [-0.39, 0.29) is 41.8 Å². The highest BCUT2D eigenvalue weighted by molar-refractivity contribution is 5.70. The van der Waals surface area contributed by atoms with E-state index in [0.717, 1.165) is 64.2 Å². The van der Waals surface area contributed by atoms with E-state index in [2.05, 4.69) is 81.6 Å². The number of unbranched alkanes of at least 4 members (excludes halogenated alkanes) is 42. The summed E-state index contributed by atoms with van der Waals surface area (Å²) in [7, 11) is 10.1. The average Bonchev–Trinajstić information content (AvgIpc) is 3.57. The number of hydrogen-bond acceptors (Lipinski definition) is 14. The number of ether oxygens (including phenoxy) is 7. The zero-order valence-corrected chi connectivity index (χ0v) is 62.8. The van der Waals surface area contributed by atoms with E-state index in [1.165, 1.54) is 300 Å². The van der Waals surface area contributed by atoms with E-state index in [0.29, 0.717) is 44.9 Å². The average molecular weight is 1300 g/mol. The lowest BCUT2D eigenvalue weighted by molar-refractivity contribution is -0.141. The number of esters is 7. The van der Waals surface area contributed by atoms with Gasteiger partial charge in [0.1, 0.15) is 0 Å². The van der Waals surface area contributed by atoms with Crippen LogP contribution in [0.2, 0.25) is 0 Å². The molecule has 0 aromatic carbocycles. The van der Waals surface area contributed by atoms with Gasteiger partial charge in [0.15, 0.2) is 0 Å². The van der Waals surface area contributed by atoms with E-state index in [4.69, 9.17) is 0 Å². The van der Waals surface area contributed by atoms with E-state index in [9.17, 15) is 33.6 Å². The topological polar surface area (TPSA) is 184 Å². The second-order valence-electron chi connectivity index (χ2n) is 24.1. The summed E-state index contributed by atoms with van der Waals surface area (Å²) in [4.78, 5) is 75.0. The molecule has 0 saturated carbocycles. The third-order valence-electron chi connectivity index (χ3n) is 15.5. The van der Waals surface area contributed by atoms with Crippen LogP contribution in [0.1, 0.15) is 408 Å². The molecule has 14 heteroatoms. The van der Waals surface area contributed by atoms with E-state index in [1.54, 1.807) is 0 Å². The van der Waals surface area contributed by atoms with Gasteiger partial charge in [0.25, 0.3) is 0 Å². The molecule has 0 amide bonds. The highest BCUT2D eigenvalue weighted by Crippen LogP contribution is 2.15. The van der Waals surface area contributed by atoms with Gasteiger partial charge in [-0.05, 0) is 44.9 Å². The van der Waals surface area contributed by atoms with Crippen LogP contribution in [0.25, 0.3) is 0 Å². The Labute approximate surface area is 563 Å². The van der Waals surface area contributed by atoms with Crippen molar-refractivity contribution >= 4 is 41.8 Å². The summed E-state index contributed by atoms with van der Waals surface area (Å²) in [6.45, 7) is 15.5. The Kier molecular flexibility index (Phi) is 108. The maximum Gasteiger partial charge on any atom is 0.305 e. The van der Waals surface area contributed by atoms with E-state index < -0.39 is 0 Å². The molecule has 14 nitrogen and oxygen atoms in total. The summed E-state index contributed by atoms with van der Waals surface area (Å²) in [5, 5.41) is 0. The molecule has 0 heterocycles. The van der Waals surface area contributed by atoms with Gasteiger partial charge in [0, 0.05) is 44.9 Å². The van der Waals surface area contributed by atoms with Gasteiger partial charge in [-0.2, -0.15) is 0 Å². The van der Waals surface area contributed by atoms with Crippen LogP contribution >= 0.6 is 0 Å². The molecule has 0 N–H and O–H groups in total. The normalized spacial score (nSPS) is 10.0. The van der Waals surface area contributed by atoms with Gasteiger partial charge < -0.3 is 33.2 Å². The van der Waals surface area contributed by atoms with Crippen molar-refractivity contribution in [3.63, 3.8) is 0 Å². The second kappa shape index (κ2) is 97.4. The van der Waals surface area contributed by atoms with Crippen LogP contribution in [-0.2, 0) is 66.7 Å². The number of carbonyl (C=O) groups excluding carboxylic acids is 7. The fourth-order valence-electron chi connectivity index (χ4n) is 9.30. The lowest BCUT2D eigenvalue weighted by atomic mass is 10.1. The fraction of sp³-hybridized carbons (Fsp3) is 0.909. The van der Waals surface area contributed by atoms with Crippen LogP contribution in [0.5, 0.6) is 0 Å². The minimum absolute atomic E-state index is 0.0698. The first-order valence-corrected chi connectivity index (χ1v) is 37.6. The van der Waals surface area contributed by atoms with Crippen molar-refractivity contribution in [2.75, 3.05) is 49.8 Å². The molecule has 0 aromatic rings. The monoisotopic (exact) mass is 1300 g/mol. The Morgan fingerprint density at radius 2 is 0.220 bits per heavy atom. The molecule has 0 saturated heterocycles. The predicted octanol–water partition coefficient (Wildman–Crippen LogP) is 23.1. The Morgan fingerprint density at radius 3 is 0.308 bits per heavy atom. The first kappa shape index (κ1) is 101. The molecule has 0 radical (unpaired) electrons. The van der Waals surface area contributed by atoms with Crippen LogP contribution in [0.4, 0.5) is 0 Å². The standard InChI is InChI=1S/C14H28O2.C13H26O2.C12H24O2.C11H22O2.C10H20O2.C9H18O2.C8H16O2/c1-3-4-5-6-7-8-9-10-11-12-13-14(15)16-2;1-3-4-5-6-7-8-9-10-11-12-13(14)15-2;1-3-4-5-6-7-8-9-10-11-12(13)14-2;1-3-4-5-6-7-8-9-10-11(12)13-2;1-3-4-5-6-7-8-9-10(11)12-2;1-3-4-5-6-7-8-9(10)11-2;1-3-4-5-6-7-8(9)10-2/h3-13H2,1-2H3;3-12H2,1-2H3;3-11H2,1-2H3;3-10H2,1-2H3;3-9H2,1-2H3;3-8H2,1-2H3;3-7H2,1-2H3. The zero-order valence-electron chi connectivity index (χ0n) is 62.8. The summed E-state index contributed by atoms with van der Waals surface area (Å²) in [5.74, 6) is -0.537. The summed E-state index contributed by atoms with van der Waals surface area (Å²) >= 11 is 0. The lowest BCUT2D eigenvalue weighted by Crippen LogP contribution is -1.99. The summed E-state index contributed by atoms with van der Waals surface area (Å²) < 4.78 is 31.9. The van der Waals surface area contributed by atoms with Crippen molar-refractivity contribution in [2.24, 2.45) is 0 Å². The van der Waals surface area contributed by atoms with Gasteiger partial charge in [-0.25, -0.2) is 0 Å². The van der Waals surface area contributed by atoms with Crippen LogP contribution < -0.4 is 0 Å². The summed E-state index contributed by atoms with van der Waals surface area (Å²) in [5.41, 5.74) is 0. The Morgan fingerprint density at radius 1 is 0.143 bits per heavy atom. The van der Waals surface area contributed by atoms with Gasteiger partial charge in [-0.1, -0.05) is 318 Å². The van der Waals surface area contributed by atoms with Crippen molar-refractivity contribution in [2.45, 2.75) is 408 Å². The SMILES string of the molecule is CCCCCCC(=O)OC.CCCCCCCC(=O)OC.CCCCCCCCC(=O)OC.CCCCCCCCCC(=O)OC.CCCCCCCCCCC(=O)OC.CCCCCCCCCCCC(=O)OC.CCCCCCCCCCCCC(=O)OC. The quantitative estimate of drug-likeness (QED) is 0.0318. The third-order valence-corrected chi connectivity index (χ3v) is 15.5. The molecule has 0 rings (SSSR count). The molecule has 0 aromatic heterocycles. The van der Waals surface area contributed by atoms with Gasteiger partial charge in [0.05, 0.1) is 49.8 Å². The Hall–Kier alpha value is -3.71. The number of rotatable bonds is 56. The maximum atomic E-state index is 10.8. The van der Waals surface area contributed by atoms with E-state index in [1.807, 2.05) is 0 Å². The molecule has 0 aliphatic rings. The number of methoxy groups -OCH3 is 7. The first-order chi connectivity index (χ1) is 44.2. The predicted molar refractivity (Wildman–Crippen MR) is 382 cm³/mol. The smallest absolute Gasteiger partial charge is 0.305 e. The van der Waals surface area contributed by atoms with Crippen LogP contribution in [0, 0.1) is 0 Å². The second-order valence-corrected chi connectivity index (χ2v) is 24.1. The summed E-state index contributed by atoms with van der Waals surface area (Å²) in [6, 6.07) is 0. The molecule has 0 aliphatic carbocycles. The Balaban J connectivity index is -0.000000182. The molecule has 91 heavy (non-hydrogen) atoms. The lowest BCUT2D eigenvalue weighted by Gasteiger charge is -2.01. The highest BCUT2D eigenvalue weighted by atomic mass is 16.5. The molecule has 0 fully saturated rings. The molecule has 0 aliphatic heterocycles. The maximum absolute atomic E-state index is 10.8. The van der Waals surface area contributed by atoms with Crippen molar-refractivity contribution in [1.82, 2.24) is 0 Å². The molecule has 0 unspecified atom stereocenters. The highest BCUT2D eigenvalue weighted by Gasteiger charge is 2.04. The van der Waals surface area contributed by atoms with Gasteiger partial charge in [0.2, 0.25) is 0 Å². The van der Waals surface area contributed by atoms with Crippen molar-refractivity contribution in [1.29, 1.82) is 0 Å².